The molecule has 0 radical (unpaired) electrons. The van der Waals surface area contributed by atoms with E-state index < -0.39 is 15.9 Å². The van der Waals surface area contributed by atoms with Crippen LogP contribution in [0.3, 0.4) is 0 Å². The topological polar surface area (TPSA) is 72.5 Å². The molecule has 0 atom stereocenters. The third-order valence-electron chi connectivity index (χ3n) is 2.30. The van der Waals surface area contributed by atoms with Crippen molar-refractivity contribution in [3.05, 3.63) is 36.9 Å². The van der Waals surface area contributed by atoms with Crippen molar-refractivity contribution in [1.82, 2.24) is 4.72 Å². The van der Waals surface area contributed by atoms with Gasteiger partial charge in [-0.2, -0.15) is 0 Å². The van der Waals surface area contributed by atoms with Gasteiger partial charge >= 0.3 is 0 Å². The average molecular weight is 283 g/mol. The van der Waals surface area contributed by atoms with Crippen molar-refractivity contribution >= 4 is 15.9 Å². The van der Waals surface area contributed by atoms with E-state index in [0.29, 0.717) is 12.4 Å². The standard InChI is InChI=1S/C13H17NO4S/c1-3-5-9-18-11-7-6-8-12(10-11)19(16,17)14-13(15)4-2/h4,6-8,10H,2-3,5,9H2,1H3,(H,14,15). The molecule has 0 unspecified atom stereocenters. The highest BCUT2D eigenvalue weighted by Gasteiger charge is 2.16. The number of rotatable bonds is 7. The molecule has 6 heteroatoms. The summed E-state index contributed by atoms with van der Waals surface area (Å²) < 4.78 is 31.0. The van der Waals surface area contributed by atoms with Crippen molar-refractivity contribution < 1.29 is 17.9 Å². The predicted octanol–water partition coefficient (Wildman–Crippen LogP) is 1.86. The Bertz CT molecular complexity index is 552. The van der Waals surface area contributed by atoms with Gasteiger partial charge < -0.3 is 4.74 Å². The number of carbonyl (C=O) groups excluding carboxylic acids is 1. The number of carbonyl (C=O) groups is 1. The molecule has 0 heterocycles. The van der Waals surface area contributed by atoms with Gasteiger partial charge in [-0.25, -0.2) is 13.1 Å². The Morgan fingerprint density at radius 1 is 1.47 bits per heavy atom. The van der Waals surface area contributed by atoms with Crippen LogP contribution < -0.4 is 9.46 Å². The van der Waals surface area contributed by atoms with Crippen LogP contribution in [0.4, 0.5) is 0 Å². The van der Waals surface area contributed by atoms with Crippen LogP contribution in [0.1, 0.15) is 19.8 Å². The maximum absolute atomic E-state index is 11.8. The fourth-order valence-electron chi connectivity index (χ4n) is 1.30. The van der Waals surface area contributed by atoms with E-state index in [2.05, 4.69) is 6.58 Å². The quantitative estimate of drug-likeness (QED) is 0.612. The largest absolute Gasteiger partial charge is 0.494 e. The molecule has 0 aromatic heterocycles. The molecule has 1 aromatic carbocycles. The molecule has 0 bridgehead atoms. The van der Waals surface area contributed by atoms with Gasteiger partial charge in [0.2, 0.25) is 0 Å². The molecule has 1 rings (SSSR count). The average Bonchev–Trinajstić information content (AvgIpc) is 2.39. The molecule has 0 spiro atoms. The molecular formula is C13H17NO4S. The number of hydrogen-bond acceptors (Lipinski definition) is 4. The third-order valence-corrected chi connectivity index (χ3v) is 3.65. The molecule has 1 aromatic rings. The van der Waals surface area contributed by atoms with Crippen molar-refractivity contribution in [2.45, 2.75) is 24.7 Å². The summed E-state index contributed by atoms with van der Waals surface area (Å²) in [4.78, 5) is 11.0. The van der Waals surface area contributed by atoms with E-state index in [1.807, 2.05) is 11.6 Å². The molecule has 5 nitrogen and oxygen atoms in total. The SMILES string of the molecule is C=CC(=O)NS(=O)(=O)c1cccc(OCCCC)c1. The number of sulfonamides is 1. The van der Waals surface area contributed by atoms with Gasteiger partial charge in [0.25, 0.3) is 15.9 Å². The van der Waals surface area contributed by atoms with Crippen molar-refractivity contribution in [2.24, 2.45) is 0 Å². The van der Waals surface area contributed by atoms with Crippen LogP contribution in [0.15, 0.2) is 41.8 Å². The molecule has 1 N–H and O–H groups in total. The maximum Gasteiger partial charge on any atom is 0.264 e. The fourth-order valence-corrected chi connectivity index (χ4v) is 2.29. The summed E-state index contributed by atoms with van der Waals surface area (Å²) in [5, 5.41) is 0. The fraction of sp³-hybridized carbons (Fsp3) is 0.308. The lowest BCUT2D eigenvalue weighted by Crippen LogP contribution is -2.28. The molecule has 0 aliphatic carbocycles. The van der Waals surface area contributed by atoms with Gasteiger partial charge in [-0.1, -0.05) is 26.0 Å². The minimum absolute atomic E-state index is 0.0169. The second kappa shape index (κ2) is 6.94. The zero-order valence-electron chi connectivity index (χ0n) is 10.8. The number of benzene rings is 1. The first kappa shape index (κ1) is 15.2. The summed E-state index contributed by atoms with van der Waals surface area (Å²) in [6.45, 7) is 5.77. The predicted molar refractivity (Wildman–Crippen MR) is 72.4 cm³/mol. The first-order valence-corrected chi connectivity index (χ1v) is 7.40. The molecule has 0 aliphatic rings. The molecule has 0 fully saturated rings. The second-order valence-corrected chi connectivity index (χ2v) is 5.53. The lowest BCUT2D eigenvalue weighted by atomic mass is 10.3. The highest BCUT2D eigenvalue weighted by molar-refractivity contribution is 7.90. The molecule has 0 saturated carbocycles. The molecule has 0 saturated heterocycles. The molecule has 19 heavy (non-hydrogen) atoms. The molecular weight excluding hydrogens is 266 g/mol. The lowest BCUT2D eigenvalue weighted by Gasteiger charge is -2.08. The Labute approximate surface area is 113 Å². The Morgan fingerprint density at radius 3 is 2.84 bits per heavy atom. The Balaban J connectivity index is 2.86. The van der Waals surface area contributed by atoms with Gasteiger partial charge in [-0.15, -0.1) is 0 Å². The summed E-state index contributed by atoms with van der Waals surface area (Å²) in [5.41, 5.74) is 0. The molecule has 0 aliphatic heterocycles. The van der Waals surface area contributed by atoms with Gasteiger partial charge in [-0.3, -0.25) is 4.79 Å². The smallest absolute Gasteiger partial charge is 0.264 e. The van der Waals surface area contributed by atoms with Gasteiger partial charge in [0, 0.05) is 6.07 Å². The number of unbranched alkanes of at least 4 members (excludes halogenated alkanes) is 1. The van der Waals surface area contributed by atoms with Crippen LogP contribution in [0.25, 0.3) is 0 Å². The first-order valence-electron chi connectivity index (χ1n) is 5.91. The number of ether oxygens (including phenoxy) is 1. The number of amides is 1. The van der Waals surface area contributed by atoms with Gasteiger partial charge in [0.1, 0.15) is 5.75 Å². The first-order chi connectivity index (χ1) is 8.99. The highest BCUT2D eigenvalue weighted by Crippen LogP contribution is 2.17. The van der Waals surface area contributed by atoms with E-state index in [0.717, 1.165) is 18.9 Å². The maximum atomic E-state index is 11.8. The molecule has 1 amide bonds. The second-order valence-electron chi connectivity index (χ2n) is 3.85. The Morgan fingerprint density at radius 2 is 2.21 bits per heavy atom. The zero-order valence-corrected chi connectivity index (χ0v) is 11.6. The van der Waals surface area contributed by atoms with Crippen molar-refractivity contribution in [2.75, 3.05) is 6.61 Å². The summed E-state index contributed by atoms with van der Waals surface area (Å²) in [7, 11) is -3.88. The van der Waals surface area contributed by atoms with Crippen LogP contribution in [-0.4, -0.2) is 20.9 Å². The van der Waals surface area contributed by atoms with Crippen LogP contribution >= 0.6 is 0 Å². The van der Waals surface area contributed by atoms with E-state index in [9.17, 15) is 13.2 Å². The van der Waals surface area contributed by atoms with Crippen molar-refractivity contribution in [3.8, 4) is 5.75 Å². The summed E-state index contributed by atoms with van der Waals surface area (Å²) in [6.07, 6.45) is 2.79. The van der Waals surface area contributed by atoms with Gasteiger partial charge in [0.05, 0.1) is 11.5 Å². The van der Waals surface area contributed by atoms with Crippen LogP contribution in [0, 0.1) is 0 Å². The minimum Gasteiger partial charge on any atom is -0.494 e. The summed E-state index contributed by atoms with van der Waals surface area (Å²) in [5.74, 6) is -0.306. The normalized spacial score (nSPS) is 10.8. The van der Waals surface area contributed by atoms with E-state index in [1.54, 1.807) is 12.1 Å². The van der Waals surface area contributed by atoms with Gasteiger partial charge in [-0.05, 0) is 24.6 Å². The monoisotopic (exact) mass is 283 g/mol. The van der Waals surface area contributed by atoms with Crippen LogP contribution in [-0.2, 0) is 14.8 Å². The number of hydrogen-bond donors (Lipinski definition) is 1. The Hall–Kier alpha value is -1.82. The summed E-state index contributed by atoms with van der Waals surface area (Å²) >= 11 is 0. The third kappa shape index (κ3) is 4.75. The van der Waals surface area contributed by atoms with Gasteiger partial charge in [0.15, 0.2) is 0 Å². The summed E-state index contributed by atoms with van der Waals surface area (Å²) in [6, 6.07) is 6.01. The zero-order chi connectivity index (χ0) is 14.3. The molecule has 104 valence electrons. The Kier molecular flexibility index (Phi) is 5.57. The van der Waals surface area contributed by atoms with Crippen LogP contribution in [0.5, 0.6) is 5.75 Å². The van der Waals surface area contributed by atoms with E-state index in [-0.39, 0.29) is 4.90 Å². The number of nitrogens with one attached hydrogen (secondary N) is 1. The lowest BCUT2D eigenvalue weighted by molar-refractivity contribution is -0.114. The van der Waals surface area contributed by atoms with Crippen LogP contribution in [0.2, 0.25) is 0 Å². The minimum atomic E-state index is -3.88. The van der Waals surface area contributed by atoms with Crippen molar-refractivity contribution in [3.63, 3.8) is 0 Å². The van der Waals surface area contributed by atoms with E-state index >= 15 is 0 Å². The van der Waals surface area contributed by atoms with E-state index in [1.165, 1.54) is 12.1 Å². The van der Waals surface area contributed by atoms with E-state index in [4.69, 9.17) is 4.74 Å². The highest BCUT2D eigenvalue weighted by atomic mass is 32.2. The van der Waals surface area contributed by atoms with Crippen molar-refractivity contribution in [1.29, 1.82) is 0 Å².